The van der Waals surface area contributed by atoms with Crippen molar-refractivity contribution in [2.24, 2.45) is 0 Å². The molecule has 0 aliphatic heterocycles. The molecule has 0 atom stereocenters. The number of hydrogen-bond donors (Lipinski definition) is 0. The van der Waals surface area contributed by atoms with Crippen LogP contribution in [0.1, 0.15) is 19.8 Å². The maximum absolute atomic E-state index is 11.2. The summed E-state index contributed by atoms with van der Waals surface area (Å²) in [4.78, 5) is 11.2. The van der Waals surface area contributed by atoms with E-state index in [1.807, 2.05) is 18.6 Å². The van der Waals surface area contributed by atoms with Gasteiger partial charge in [-0.15, -0.1) is 0 Å². The molecule has 28 heavy (non-hydrogen) atoms. The van der Waals surface area contributed by atoms with E-state index in [9.17, 15) is 30.0 Å². The molecular formula is C14H15F6FeO6P-. The molecule has 0 fully saturated rings. The molecule has 0 spiro atoms. The van der Waals surface area contributed by atoms with Crippen LogP contribution in [0.2, 0.25) is 0 Å². The van der Waals surface area contributed by atoms with E-state index in [2.05, 4.69) is 20.0 Å². The summed E-state index contributed by atoms with van der Waals surface area (Å²) in [5, 5.41) is 0. The van der Waals surface area contributed by atoms with E-state index in [-0.39, 0.29) is 23.0 Å². The summed E-state index contributed by atoms with van der Waals surface area (Å²) in [6, 6.07) is 0. The fraction of sp³-hybridized carbons (Fsp3) is 0.357. The summed E-state index contributed by atoms with van der Waals surface area (Å²) in [7, 11) is -9.05. The third-order valence-corrected chi connectivity index (χ3v) is 1.98. The number of esters is 1. The topological polar surface area (TPSA) is 95.2 Å². The molecule has 0 amide bonds. The summed E-state index contributed by atoms with van der Waals surface area (Å²) in [6.07, 6.45) is 6.86. The smallest absolute Gasteiger partial charge is 0 e. The van der Waals surface area contributed by atoms with E-state index in [0.717, 1.165) is 17.8 Å². The van der Waals surface area contributed by atoms with Crippen molar-refractivity contribution >= 4 is 13.8 Å². The number of methoxy groups -OCH3 is 1. The second-order valence-corrected chi connectivity index (χ2v) is 5.83. The van der Waals surface area contributed by atoms with Crippen LogP contribution in [0.15, 0.2) is 23.5 Å². The van der Waals surface area contributed by atoms with Gasteiger partial charge in [0.05, 0.1) is 20.1 Å². The number of rotatable bonds is 4. The maximum Gasteiger partial charge on any atom is 0 e. The summed E-state index contributed by atoms with van der Waals surface area (Å²) in [5.74, 6) is 0.585. The Morgan fingerprint density at radius 1 is 1.07 bits per heavy atom. The van der Waals surface area contributed by atoms with Gasteiger partial charge in [-0.1, -0.05) is 6.08 Å². The van der Waals surface area contributed by atoms with Crippen molar-refractivity contribution in [3.05, 3.63) is 49.9 Å². The molecule has 0 N–H and O–H groups in total. The molecule has 0 aromatic rings. The van der Waals surface area contributed by atoms with Crippen LogP contribution in [0, 0.1) is 26.4 Å². The maximum atomic E-state index is 11.2. The first-order chi connectivity index (χ1) is 12.2. The summed E-state index contributed by atoms with van der Waals surface area (Å²) < 4.78 is 91.7. The number of allylic oxidation sites excluding steroid dienone is 2. The van der Waals surface area contributed by atoms with Gasteiger partial charge in [0.1, 0.15) is 5.76 Å². The zero-order valence-corrected chi connectivity index (χ0v) is 16.4. The van der Waals surface area contributed by atoms with Crippen LogP contribution in [0.3, 0.4) is 0 Å². The second kappa shape index (κ2) is 16.5. The molecule has 1 radical (unpaired) electrons. The predicted octanol–water partition coefficient (Wildman–Crippen LogP) is 5.27. The Labute approximate surface area is 168 Å². The van der Waals surface area contributed by atoms with Crippen LogP contribution in [0.4, 0.5) is 25.2 Å². The van der Waals surface area contributed by atoms with Crippen molar-refractivity contribution < 1.29 is 70.5 Å². The van der Waals surface area contributed by atoms with Crippen LogP contribution < -0.4 is 0 Å². The zero-order chi connectivity index (χ0) is 22.8. The van der Waals surface area contributed by atoms with Crippen LogP contribution in [-0.2, 0) is 45.3 Å². The molecule has 0 aromatic carbocycles. The molecule has 1 aliphatic carbocycles. The minimum absolute atomic E-state index is 0. The number of carbonyl (C=O) groups is 1. The van der Waals surface area contributed by atoms with Gasteiger partial charge in [0.2, 0.25) is 0 Å². The molecule has 1 aliphatic rings. The molecule has 0 unspecified atom stereocenters. The number of ether oxygens (including phenoxy) is 2. The van der Waals surface area contributed by atoms with Gasteiger partial charge >= 0.3 is 72.9 Å². The zero-order valence-electron chi connectivity index (χ0n) is 14.4. The Balaban J connectivity index is -0.000000107. The summed E-state index contributed by atoms with van der Waals surface area (Å²) >= 11 is 0. The average molecular weight is 480 g/mol. The Bertz CT molecular complexity index is 540. The number of hydrogen-bond acceptors (Lipinski definition) is 3. The van der Waals surface area contributed by atoms with Crippen molar-refractivity contribution in [2.75, 3.05) is 13.7 Å². The van der Waals surface area contributed by atoms with E-state index >= 15 is 0 Å². The number of halogens is 6. The van der Waals surface area contributed by atoms with Crippen LogP contribution >= 0.6 is 7.81 Å². The molecule has 14 heteroatoms. The first kappa shape index (κ1) is 37.3. The fourth-order valence-electron chi connectivity index (χ4n) is 1.34. The van der Waals surface area contributed by atoms with Crippen molar-refractivity contribution in [1.29, 1.82) is 0 Å². The number of carbonyl (C=O) groups excluding carboxylic acids is 1. The average Bonchev–Trinajstić information content (AvgIpc) is 2.58. The first-order valence-corrected chi connectivity index (χ1v) is 8.35. The Morgan fingerprint density at radius 3 is 1.79 bits per heavy atom. The van der Waals surface area contributed by atoms with Crippen molar-refractivity contribution in [2.45, 2.75) is 19.8 Å². The SMILES string of the molecule is CCOC(=O)CC1=C(OC)C=C[CH]C1.F[P-](F)(F)(F)(F)F.[C-]#[O+].[C-]#[O+].[C-]#[O+].[Fe]. The Hall–Kier alpha value is -1.50. The molecule has 1 rings (SSSR count). The van der Waals surface area contributed by atoms with Gasteiger partial charge < -0.3 is 9.47 Å². The molecule has 163 valence electrons. The van der Waals surface area contributed by atoms with Gasteiger partial charge in [-0.3, -0.25) is 4.79 Å². The van der Waals surface area contributed by atoms with Crippen LogP contribution in [0.25, 0.3) is 0 Å². The van der Waals surface area contributed by atoms with Gasteiger partial charge in [-0.25, -0.2) is 0 Å². The van der Waals surface area contributed by atoms with Gasteiger partial charge in [-0.2, -0.15) is 0 Å². The molecule has 0 bridgehead atoms. The second-order valence-electron chi connectivity index (χ2n) is 3.91. The van der Waals surface area contributed by atoms with E-state index in [4.69, 9.17) is 23.4 Å². The quantitative estimate of drug-likeness (QED) is 0.137. The van der Waals surface area contributed by atoms with Crippen molar-refractivity contribution in [3.8, 4) is 0 Å². The van der Waals surface area contributed by atoms with Gasteiger partial charge in [0.25, 0.3) is 0 Å². The van der Waals surface area contributed by atoms with Crippen LogP contribution in [-0.4, -0.2) is 19.7 Å². The van der Waals surface area contributed by atoms with E-state index in [1.165, 1.54) is 0 Å². The van der Waals surface area contributed by atoms with Gasteiger partial charge in [0.15, 0.2) is 0 Å². The minimum Gasteiger partial charge on any atom is 0 e. The monoisotopic (exact) mass is 480 g/mol. The van der Waals surface area contributed by atoms with Gasteiger partial charge in [0, 0.05) is 17.1 Å². The molecule has 0 saturated heterocycles. The summed E-state index contributed by atoms with van der Waals surface area (Å²) in [5.41, 5.74) is 0.980. The van der Waals surface area contributed by atoms with Crippen molar-refractivity contribution in [1.82, 2.24) is 0 Å². The predicted molar refractivity (Wildman–Crippen MR) is 78.7 cm³/mol. The molecule has 0 heterocycles. The van der Waals surface area contributed by atoms with E-state index < -0.39 is 7.81 Å². The normalized spacial score (nSPS) is 13.8. The summed E-state index contributed by atoms with van der Waals surface area (Å²) in [6.45, 7) is 15.7. The largest absolute Gasteiger partial charge is 0 e. The third kappa shape index (κ3) is 39.5. The van der Waals surface area contributed by atoms with Crippen molar-refractivity contribution in [3.63, 3.8) is 0 Å². The molecular weight excluding hydrogens is 465 g/mol. The Kier molecular flexibility index (Phi) is 21.9. The van der Waals surface area contributed by atoms with Gasteiger partial charge in [-0.05, 0) is 31.4 Å². The first-order valence-electron chi connectivity index (χ1n) is 6.32. The third-order valence-electron chi connectivity index (χ3n) is 1.98. The van der Waals surface area contributed by atoms with E-state index in [0.29, 0.717) is 13.0 Å². The van der Waals surface area contributed by atoms with E-state index in [1.54, 1.807) is 14.0 Å². The molecule has 0 aromatic heterocycles. The Morgan fingerprint density at radius 2 is 1.46 bits per heavy atom. The van der Waals surface area contributed by atoms with Crippen LogP contribution in [0.5, 0.6) is 0 Å². The standard InChI is InChI=1S/C11H15O3.3CO.F6P.Fe/c1-3-14-11(12)8-9-6-4-5-7-10(9)13-2;3*1-2;1-7(2,3,4,5)6;/h4-5,7H,3,6,8H2,1-2H3;;;;;/q;;;;-1;. The molecule has 6 nitrogen and oxygen atoms in total. The fourth-order valence-corrected chi connectivity index (χ4v) is 1.34. The minimum atomic E-state index is -10.7. The molecule has 0 saturated carbocycles.